The van der Waals surface area contributed by atoms with Crippen molar-refractivity contribution in [3.8, 4) is 0 Å². The number of hydrogen-bond acceptors (Lipinski definition) is 2. The Kier molecular flexibility index (Phi) is 2.10. The Labute approximate surface area is 78.6 Å². The summed E-state index contributed by atoms with van der Waals surface area (Å²) in [6.07, 6.45) is 0.604. The minimum atomic E-state index is -0.333. The molecular formula is C11H15NO. The molecule has 70 valence electrons. The third kappa shape index (κ3) is 1.36. The van der Waals surface area contributed by atoms with Gasteiger partial charge < -0.3 is 10.4 Å². The molecule has 1 aromatic carbocycles. The van der Waals surface area contributed by atoms with E-state index in [0.29, 0.717) is 0 Å². The number of rotatable bonds is 1. The van der Waals surface area contributed by atoms with Gasteiger partial charge in [0, 0.05) is 6.04 Å². The van der Waals surface area contributed by atoms with Gasteiger partial charge >= 0.3 is 0 Å². The normalized spacial score (nSPS) is 26.1. The lowest BCUT2D eigenvalue weighted by Gasteiger charge is -2.13. The van der Waals surface area contributed by atoms with E-state index in [0.717, 1.165) is 12.0 Å². The summed E-state index contributed by atoms with van der Waals surface area (Å²) in [7, 11) is 1.90. The molecule has 0 saturated carbocycles. The third-order valence-corrected chi connectivity index (χ3v) is 2.81. The first-order valence-corrected chi connectivity index (χ1v) is 4.67. The van der Waals surface area contributed by atoms with Crippen LogP contribution in [-0.4, -0.2) is 18.2 Å². The van der Waals surface area contributed by atoms with Crippen LogP contribution < -0.4 is 5.32 Å². The zero-order valence-corrected chi connectivity index (χ0v) is 8.04. The summed E-state index contributed by atoms with van der Waals surface area (Å²) in [5.74, 6) is 0. The van der Waals surface area contributed by atoms with Crippen molar-refractivity contribution in [1.82, 2.24) is 5.32 Å². The summed E-state index contributed by atoms with van der Waals surface area (Å²) in [6, 6.07) is 6.49. The molecule has 1 aliphatic rings. The van der Waals surface area contributed by atoms with E-state index < -0.39 is 0 Å². The average molecular weight is 177 g/mol. The van der Waals surface area contributed by atoms with Crippen LogP contribution in [0, 0.1) is 6.92 Å². The van der Waals surface area contributed by atoms with E-state index in [1.807, 2.05) is 7.05 Å². The molecule has 1 aromatic rings. The molecule has 0 heterocycles. The summed E-state index contributed by atoms with van der Waals surface area (Å²) in [4.78, 5) is 0. The highest BCUT2D eigenvalue weighted by atomic mass is 16.3. The Morgan fingerprint density at radius 3 is 2.92 bits per heavy atom. The second-order valence-corrected chi connectivity index (χ2v) is 3.75. The maximum Gasteiger partial charge on any atom is 0.0948 e. The van der Waals surface area contributed by atoms with E-state index in [9.17, 15) is 5.11 Å². The number of aliphatic hydroxyl groups is 1. The number of fused-ring (bicyclic) bond motifs is 1. The van der Waals surface area contributed by atoms with Crippen LogP contribution in [0.5, 0.6) is 0 Å². The summed E-state index contributed by atoms with van der Waals surface area (Å²) in [5, 5.41) is 13.0. The molecule has 2 nitrogen and oxygen atoms in total. The van der Waals surface area contributed by atoms with Gasteiger partial charge in [-0.25, -0.2) is 0 Å². The van der Waals surface area contributed by atoms with Crippen LogP contribution in [0.4, 0.5) is 0 Å². The van der Waals surface area contributed by atoms with Crippen LogP contribution in [0.1, 0.15) is 22.8 Å². The fourth-order valence-electron chi connectivity index (χ4n) is 2.00. The zero-order chi connectivity index (χ0) is 9.42. The van der Waals surface area contributed by atoms with Crippen LogP contribution in [0.15, 0.2) is 18.2 Å². The molecule has 0 radical (unpaired) electrons. The van der Waals surface area contributed by atoms with Crippen molar-refractivity contribution < 1.29 is 5.11 Å². The molecule has 0 unspecified atom stereocenters. The van der Waals surface area contributed by atoms with Crippen LogP contribution in [0.3, 0.4) is 0 Å². The maximum atomic E-state index is 9.90. The van der Waals surface area contributed by atoms with Gasteiger partial charge in [0.25, 0.3) is 0 Å². The number of nitrogens with one attached hydrogen (secondary N) is 1. The fraction of sp³-hybridized carbons (Fsp3) is 0.455. The van der Waals surface area contributed by atoms with Gasteiger partial charge in [-0.1, -0.05) is 23.8 Å². The van der Waals surface area contributed by atoms with Gasteiger partial charge in [0.2, 0.25) is 0 Å². The van der Waals surface area contributed by atoms with E-state index in [-0.39, 0.29) is 12.1 Å². The van der Waals surface area contributed by atoms with E-state index >= 15 is 0 Å². The van der Waals surface area contributed by atoms with Gasteiger partial charge in [-0.2, -0.15) is 0 Å². The lowest BCUT2D eigenvalue weighted by molar-refractivity contribution is 0.146. The molecule has 2 heteroatoms. The van der Waals surface area contributed by atoms with Crippen LogP contribution in [0.25, 0.3) is 0 Å². The van der Waals surface area contributed by atoms with Gasteiger partial charge in [0.05, 0.1) is 6.10 Å². The molecule has 2 atom stereocenters. The second kappa shape index (κ2) is 3.13. The Balaban J connectivity index is 2.39. The summed E-state index contributed by atoms with van der Waals surface area (Å²) >= 11 is 0. The Morgan fingerprint density at radius 2 is 2.23 bits per heavy atom. The lowest BCUT2D eigenvalue weighted by atomic mass is 10.1. The molecular weight excluding hydrogens is 162 g/mol. The SMILES string of the molecule is CN[C@H]1Cc2ccc(C)cc2[C@H]1O. The quantitative estimate of drug-likeness (QED) is 0.675. The van der Waals surface area contributed by atoms with Crippen LogP contribution in [-0.2, 0) is 6.42 Å². The number of likely N-dealkylation sites (N-methyl/N-ethyl adjacent to an activating group) is 1. The predicted molar refractivity (Wildman–Crippen MR) is 52.7 cm³/mol. The van der Waals surface area contributed by atoms with Gasteiger partial charge in [-0.05, 0) is 31.5 Å². The Hall–Kier alpha value is -0.860. The van der Waals surface area contributed by atoms with Crippen molar-refractivity contribution in [2.45, 2.75) is 25.5 Å². The largest absolute Gasteiger partial charge is 0.387 e. The van der Waals surface area contributed by atoms with Gasteiger partial charge in [0.1, 0.15) is 0 Å². The molecule has 0 spiro atoms. The highest BCUT2D eigenvalue weighted by Gasteiger charge is 2.29. The second-order valence-electron chi connectivity index (χ2n) is 3.75. The van der Waals surface area contributed by atoms with Crippen molar-refractivity contribution in [1.29, 1.82) is 0 Å². The number of aliphatic hydroxyl groups excluding tert-OH is 1. The first-order chi connectivity index (χ1) is 6.22. The molecule has 13 heavy (non-hydrogen) atoms. The summed E-state index contributed by atoms with van der Waals surface area (Å²) in [5.41, 5.74) is 3.59. The fourth-order valence-corrected chi connectivity index (χ4v) is 2.00. The van der Waals surface area contributed by atoms with Crippen LogP contribution >= 0.6 is 0 Å². The van der Waals surface area contributed by atoms with Crippen molar-refractivity contribution in [2.75, 3.05) is 7.05 Å². The van der Waals surface area contributed by atoms with Crippen molar-refractivity contribution >= 4 is 0 Å². The highest BCUT2D eigenvalue weighted by Crippen LogP contribution is 2.31. The van der Waals surface area contributed by atoms with E-state index in [1.54, 1.807) is 0 Å². The Bertz CT molecular complexity index is 322. The number of benzene rings is 1. The third-order valence-electron chi connectivity index (χ3n) is 2.81. The number of aryl methyl sites for hydroxylation is 1. The highest BCUT2D eigenvalue weighted by molar-refractivity contribution is 5.38. The first kappa shape index (κ1) is 8.73. The Morgan fingerprint density at radius 1 is 1.46 bits per heavy atom. The van der Waals surface area contributed by atoms with Crippen molar-refractivity contribution in [3.05, 3.63) is 34.9 Å². The van der Waals surface area contributed by atoms with E-state index in [4.69, 9.17) is 0 Å². The zero-order valence-electron chi connectivity index (χ0n) is 8.04. The molecule has 0 bridgehead atoms. The molecule has 0 saturated heterocycles. The standard InChI is InChI=1S/C11H15NO/c1-7-3-4-8-6-10(12-2)11(13)9(8)5-7/h3-5,10-13H,6H2,1-2H3/t10-,11+/m0/s1. The lowest BCUT2D eigenvalue weighted by Crippen LogP contribution is -2.29. The van der Waals surface area contributed by atoms with Crippen molar-refractivity contribution in [2.24, 2.45) is 0 Å². The summed E-state index contributed by atoms with van der Waals surface area (Å²) in [6.45, 7) is 2.06. The molecule has 0 amide bonds. The maximum absolute atomic E-state index is 9.90. The van der Waals surface area contributed by atoms with Crippen LogP contribution in [0.2, 0.25) is 0 Å². The molecule has 0 aromatic heterocycles. The molecule has 2 rings (SSSR count). The first-order valence-electron chi connectivity index (χ1n) is 4.67. The average Bonchev–Trinajstić information content (AvgIpc) is 2.44. The summed E-state index contributed by atoms with van der Waals surface area (Å²) < 4.78 is 0. The van der Waals surface area contributed by atoms with Crippen molar-refractivity contribution in [3.63, 3.8) is 0 Å². The van der Waals surface area contributed by atoms with E-state index in [2.05, 4.69) is 30.4 Å². The van der Waals surface area contributed by atoms with Gasteiger partial charge in [0.15, 0.2) is 0 Å². The molecule has 0 aliphatic heterocycles. The smallest absolute Gasteiger partial charge is 0.0948 e. The molecule has 2 N–H and O–H groups in total. The van der Waals surface area contributed by atoms with E-state index in [1.165, 1.54) is 11.1 Å². The molecule has 0 fully saturated rings. The van der Waals surface area contributed by atoms with Gasteiger partial charge in [-0.3, -0.25) is 0 Å². The molecule has 1 aliphatic carbocycles. The monoisotopic (exact) mass is 177 g/mol. The minimum Gasteiger partial charge on any atom is -0.387 e. The predicted octanol–water partition coefficient (Wildman–Crippen LogP) is 1.17. The van der Waals surface area contributed by atoms with Gasteiger partial charge in [-0.15, -0.1) is 0 Å². The number of hydrogen-bond donors (Lipinski definition) is 2. The topological polar surface area (TPSA) is 32.3 Å². The minimum absolute atomic E-state index is 0.191.